The average molecular weight is 317 g/mol. The molecule has 1 aromatic carbocycles. The van der Waals surface area contributed by atoms with Crippen LogP contribution in [0.1, 0.15) is 45.2 Å². The molecule has 0 radical (unpaired) electrons. The van der Waals surface area contributed by atoms with Crippen LogP contribution >= 0.6 is 0 Å². The maximum Gasteiger partial charge on any atom is 0.235 e. The number of halogens is 1. The molecule has 2 atom stereocenters. The second-order valence-corrected chi connectivity index (χ2v) is 6.43. The molecule has 1 aromatic rings. The molecule has 0 saturated heterocycles. The van der Waals surface area contributed by atoms with Gasteiger partial charge in [-0.1, -0.05) is 19.1 Å². The Kier molecular flexibility index (Phi) is 5.38. The Balaban J connectivity index is 1.99. The minimum absolute atomic E-state index is 0.000571. The smallest absolute Gasteiger partial charge is 0.235 e. The third-order valence-corrected chi connectivity index (χ3v) is 4.68. The third-order valence-electron chi connectivity index (χ3n) is 4.68. The molecule has 1 aliphatic rings. The van der Waals surface area contributed by atoms with Gasteiger partial charge in [-0.25, -0.2) is 4.39 Å². The summed E-state index contributed by atoms with van der Waals surface area (Å²) in [6, 6.07) is 8.58. The molecule has 23 heavy (non-hydrogen) atoms. The van der Waals surface area contributed by atoms with Crippen LogP contribution in [-0.4, -0.2) is 29.4 Å². The quantitative estimate of drug-likeness (QED) is 0.841. The number of nitriles is 1. The standard InChI is InChI=1S/C18H24FN3O/c1-4-22(13(2)14-5-9-16(19)10-6-14)11-17(23)21-18(3,12-20)15-7-8-15/h5-6,9-10,13,15H,4,7-8,11H2,1-3H3,(H,21,23)/t13-,18-/m1/s1. The number of likely N-dealkylation sites (N-methyl/N-ethyl adjacent to an activating group) is 1. The van der Waals surface area contributed by atoms with Crippen LogP contribution in [0.4, 0.5) is 4.39 Å². The van der Waals surface area contributed by atoms with Crippen molar-refractivity contribution in [1.82, 2.24) is 10.2 Å². The van der Waals surface area contributed by atoms with Crippen molar-refractivity contribution < 1.29 is 9.18 Å². The lowest BCUT2D eigenvalue weighted by Crippen LogP contribution is -2.50. The first kappa shape index (κ1) is 17.4. The van der Waals surface area contributed by atoms with E-state index in [0.717, 1.165) is 18.4 Å². The fraction of sp³-hybridized carbons (Fsp3) is 0.556. The van der Waals surface area contributed by atoms with Gasteiger partial charge in [0.1, 0.15) is 11.4 Å². The Hall–Kier alpha value is -1.93. The van der Waals surface area contributed by atoms with Gasteiger partial charge in [0.2, 0.25) is 5.91 Å². The molecule has 124 valence electrons. The van der Waals surface area contributed by atoms with Crippen molar-refractivity contribution in [3.05, 3.63) is 35.6 Å². The number of benzene rings is 1. The lowest BCUT2D eigenvalue weighted by molar-refractivity contribution is -0.124. The Bertz CT molecular complexity index is 591. The van der Waals surface area contributed by atoms with E-state index in [4.69, 9.17) is 0 Å². The van der Waals surface area contributed by atoms with E-state index in [1.807, 2.05) is 18.7 Å². The summed E-state index contributed by atoms with van der Waals surface area (Å²) in [5.74, 6) is -0.145. The van der Waals surface area contributed by atoms with Crippen molar-refractivity contribution in [2.45, 2.75) is 45.2 Å². The van der Waals surface area contributed by atoms with Gasteiger partial charge in [-0.15, -0.1) is 0 Å². The van der Waals surface area contributed by atoms with Crippen molar-refractivity contribution >= 4 is 5.91 Å². The topological polar surface area (TPSA) is 56.1 Å². The Morgan fingerprint density at radius 1 is 1.48 bits per heavy atom. The lowest BCUT2D eigenvalue weighted by atomic mass is 9.98. The maximum atomic E-state index is 13.0. The van der Waals surface area contributed by atoms with E-state index >= 15 is 0 Å². The first-order chi connectivity index (χ1) is 10.9. The molecule has 1 saturated carbocycles. The number of hydrogen-bond acceptors (Lipinski definition) is 3. The van der Waals surface area contributed by atoms with E-state index in [-0.39, 0.29) is 30.2 Å². The van der Waals surface area contributed by atoms with E-state index in [2.05, 4.69) is 11.4 Å². The summed E-state index contributed by atoms with van der Waals surface area (Å²) in [5.41, 5.74) is 0.196. The molecule has 1 aliphatic carbocycles. The molecule has 4 nitrogen and oxygen atoms in total. The second-order valence-electron chi connectivity index (χ2n) is 6.43. The van der Waals surface area contributed by atoms with Gasteiger partial charge in [-0.3, -0.25) is 9.69 Å². The van der Waals surface area contributed by atoms with E-state index in [0.29, 0.717) is 6.54 Å². The predicted octanol–water partition coefficient (Wildman–Crippen LogP) is 3.02. The number of rotatable bonds is 7. The van der Waals surface area contributed by atoms with Gasteiger partial charge in [0, 0.05) is 6.04 Å². The fourth-order valence-corrected chi connectivity index (χ4v) is 2.87. The van der Waals surface area contributed by atoms with E-state index in [1.165, 1.54) is 12.1 Å². The van der Waals surface area contributed by atoms with Crippen LogP contribution in [0.2, 0.25) is 0 Å². The van der Waals surface area contributed by atoms with Crippen molar-refractivity contribution in [1.29, 1.82) is 5.26 Å². The van der Waals surface area contributed by atoms with Crippen LogP contribution in [0.5, 0.6) is 0 Å². The number of nitrogens with one attached hydrogen (secondary N) is 1. The minimum Gasteiger partial charge on any atom is -0.337 e. The summed E-state index contributed by atoms with van der Waals surface area (Å²) in [5, 5.41) is 12.2. The van der Waals surface area contributed by atoms with Gasteiger partial charge in [0.25, 0.3) is 0 Å². The molecule has 1 N–H and O–H groups in total. The third kappa shape index (κ3) is 4.29. The number of carbonyl (C=O) groups excluding carboxylic acids is 1. The minimum atomic E-state index is -0.768. The molecular formula is C18H24FN3O. The first-order valence-corrected chi connectivity index (χ1v) is 8.11. The highest BCUT2D eigenvalue weighted by Gasteiger charge is 2.43. The highest BCUT2D eigenvalue weighted by atomic mass is 19.1. The molecule has 0 heterocycles. The summed E-state index contributed by atoms with van der Waals surface area (Å²) in [6.45, 7) is 6.69. The molecular weight excluding hydrogens is 293 g/mol. The molecule has 5 heteroatoms. The van der Waals surface area contributed by atoms with Gasteiger partial charge in [-0.2, -0.15) is 5.26 Å². The van der Waals surface area contributed by atoms with E-state index in [1.54, 1.807) is 19.1 Å². The molecule has 0 unspecified atom stereocenters. The van der Waals surface area contributed by atoms with Crippen molar-refractivity contribution in [2.75, 3.05) is 13.1 Å². The molecule has 0 aliphatic heterocycles. The molecule has 0 bridgehead atoms. The average Bonchev–Trinajstić information content (AvgIpc) is 3.38. The lowest BCUT2D eigenvalue weighted by Gasteiger charge is -2.30. The predicted molar refractivity (Wildman–Crippen MR) is 86.9 cm³/mol. The van der Waals surface area contributed by atoms with Crippen LogP contribution in [0.25, 0.3) is 0 Å². The van der Waals surface area contributed by atoms with Gasteiger partial charge in [0.05, 0.1) is 12.6 Å². The number of amides is 1. The first-order valence-electron chi connectivity index (χ1n) is 8.11. The molecule has 0 spiro atoms. The van der Waals surface area contributed by atoms with Gasteiger partial charge >= 0.3 is 0 Å². The Labute approximate surface area is 137 Å². The van der Waals surface area contributed by atoms with Crippen molar-refractivity contribution in [3.63, 3.8) is 0 Å². The molecule has 1 fully saturated rings. The monoisotopic (exact) mass is 317 g/mol. The summed E-state index contributed by atoms with van der Waals surface area (Å²) in [7, 11) is 0. The SMILES string of the molecule is CCN(CC(=O)N[C@](C)(C#N)C1CC1)[C@H](C)c1ccc(F)cc1. The molecule has 1 amide bonds. The Morgan fingerprint density at radius 2 is 2.09 bits per heavy atom. The fourth-order valence-electron chi connectivity index (χ4n) is 2.87. The van der Waals surface area contributed by atoms with E-state index in [9.17, 15) is 14.4 Å². The van der Waals surface area contributed by atoms with Crippen LogP contribution < -0.4 is 5.32 Å². The largest absolute Gasteiger partial charge is 0.337 e. The summed E-state index contributed by atoms with van der Waals surface area (Å²) in [6.07, 6.45) is 1.99. The molecule has 2 rings (SSSR count). The van der Waals surface area contributed by atoms with Crippen molar-refractivity contribution in [3.8, 4) is 6.07 Å². The zero-order chi connectivity index (χ0) is 17.0. The van der Waals surface area contributed by atoms with Gasteiger partial charge < -0.3 is 5.32 Å². The highest BCUT2D eigenvalue weighted by Crippen LogP contribution is 2.39. The van der Waals surface area contributed by atoms with Crippen molar-refractivity contribution in [2.24, 2.45) is 5.92 Å². The number of nitrogens with zero attached hydrogens (tertiary/aromatic N) is 2. The number of carbonyl (C=O) groups is 1. The second kappa shape index (κ2) is 7.10. The van der Waals surface area contributed by atoms with Crippen LogP contribution in [-0.2, 0) is 4.79 Å². The summed E-state index contributed by atoms with van der Waals surface area (Å²) >= 11 is 0. The van der Waals surface area contributed by atoms with Crippen LogP contribution in [0.3, 0.4) is 0 Å². The molecule has 0 aromatic heterocycles. The van der Waals surface area contributed by atoms with Gasteiger partial charge in [-0.05, 0) is 56.8 Å². The zero-order valence-corrected chi connectivity index (χ0v) is 14.0. The summed E-state index contributed by atoms with van der Waals surface area (Å²) in [4.78, 5) is 14.4. The van der Waals surface area contributed by atoms with E-state index < -0.39 is 5.54 Å². The highest BCUT2D eigenvalue weighted by molar-refractivity contribution is 5.79. The zero-order valence-electron chi connectivity index (χ0n) is 14.0. The van der Waals surface area contributed by atoms with Crippen LogP contribution in [0, 0.1) is 23.1 Å². The number of hydrogen-bond donors (Lipinski definition) is 1. The van der Waals surface area contributed by atoms with Crippen LogP contribution in [0.15, 0.2) is 24.3 Å². The maximum absolute atomic E-state index is 13.0. The normalized spacial score (nSPS) is 18.1. The summed E-state index contributed by atoms with van der Waals surface area (Å²) < 4.78 is 13.0. The van der Waals surface area contributed by atoms with Gasteiger partial charge in [0.15, 0.2) is 0 Å². The Morgan fingerprint density at radius 3 is 2.57 bits per heavy atom.